The highest BCUT2D eigenvalue weighted by molar-refractivity contribution is 5.95. The summed E-state index contributed by atoms with van der Waals surface area (Å²) in [6.07, 6.45) is 0.513. The van der Waals surface area contributed by atoms with Crippen LogP contribution in [-0.2, 0) is 0 Å². The van der Waals surface area contributed by atoms with E-state index in [2.05, 4.69) is 65.3 Å². The molecule has 0 fully saturated rings. The monoisotopic (exact) mass is 425 g/mol. The van der Waals surface area contributed by atoms with Gasteiger partial charge in [0.05, 0.1) is 24.2 Å². The van der Waals surface area contributed by atoms with Crippen molar-refractivity contribution >= 4 is 22.9 Å². The van der Waals surface area contributed by atoms with Crippen molar-refractivity contribution in [1.29, 1.82) is 0 Å². The number of guanidine groups is 1. The molecule has 3 heterocycles. The number of imidazole rings is 1. The molecule has 0 saturated carbocycles. The van der Waals surface area contributed by atoms with Gasteiger partial charge in [0.25, 0.3) is 0 Å². The third kappa shape index (κ3) is 3.05. The standard InChI is InChI=1S/C25H23N5O2/c1-15-6-2-3-9-18(15)16-7-4-8-17(12-16)23-28-24(26)29-25-27-19-13-21-22(14-20(19)30(23)25)32-11-5-10-31-21/h2-4,6-9,12-14,23H,5,10-11H2,1H3,(H3,26,27,28,29). The zero-order chi connectivity index (χ0) is 21.7. The molecule has 1 atom stereocenters. The van der Waals surface area contributed by atoms with Crippen LogP contribution in [-0.4, -0.2) is 28.7 Å². The molecule has 1 unspecified atom stereocenters. The lowest BCUT2D eigenvalue weighted by Crippen LogP contribution is -2.31. The van der Waals surface area contributed by atoms with Gasteiger partial charge < -0.3 is 15.2 Å². The Labute approximate surface area is 185 Å². The summed E-state index contributed by atoms with van der Waals surface area (Å²) >= 11 is 0. The molecule has 0 saturated heterocycles. The summed E-state index contributed by atoms with van der Waals surface area (Å²) in [6.45, 7) is 3.39. The van der Waals surface area contributed by atoms with Gasteiger partial charge in [-0.2, -0.15) is 0 Å². The van der Waals surface area contributed by atoms with Gasteiger partial charge in [-0.25, -0.2) is 9.98 Å². The fourth-order valence-electron chi connectivity index (χ4n) is 4.41. The largest absolute Gasteiger partial charge is 0.489 e. The number of hydrogen-bond acceptors (Lipinski definition) is 6. The van der Waals surface area contributed by atoms with Gasteiger partial charge >= 0.3 is 0 Å². The number of anilines is 1. The zero-order valence-electron chi connectivity index (χ0n) is 17.7. The second-order valence-electron chi connectivity index (χ2n) is 8.10. The first-order valence-corrected chi connectivity index (χ1v) is 10.8. The van der Waals surface area contributed by atoms with Crippen molar-refractivity contribution in [2.75, 3.05) is 18.5 Å². The second kappa shape index (κ2) is 7.30. The third-order valence-electron chi connectivity index (χ3n) is 5.95. The van der Waals surface area contributed by atoms with Gasteiger partial charge in [0.15, 0.2) is 23.6 Å². The van der Waals surface area contributed by atoms with E-state index < -0.39 is 0 Å². The first kappa shape index (κ1) is 18.7. The number of rotatable bonds is 2. The van der Waals surface area contributed by atoms with Crippen LogP contribution < -0.4 is 20.5 Å². The van der Waals surface area contributed by atoms with E-state index in [4.69, 9.17) is 25.2 Å². The van der Waals surface area contributed by atoms with Gasteiger partial charge in [-0.05, 0) is 35.2 Å². The van der Waals surface area contributed by atoms with E-state index in [1.807, 2.05) is 12.1 Å². The first-order chi connectivity index (χ1) is 15.7. The fraction of sp³-hybridized carbons (Fsp3) is 0.200. The summed E-state index contributed by atoms with van der Waals surface area (Å²) in [5, 5.41) is 3.11. The number of aliphatic imine (C=N–C) groups is 1. The maximum atomic E-state index is 6.15. The lowest BCUT2D eigenvalue weighted by molar-refractivity contribution is 0.297. The Morgan fingerprint density at radius 3 is 2.66 bits per heavy atom. The van der Waals surface area contributed by atoms with Crippen molar-refractivity contribution < 1.29 is 9.47 Å². The number of nitrogens with two attached hydrogens (primary N) is 1. The second-order valence-corrected chi connectivity index (χ2v) is 8.10. The molecule has 0 aliphatic carbocycles. The van der Waals surface area contributed by atoms with E-state index in [0.29, 0.717) is 25.1 Å². The smallest absolute Gasteiger partial charge is 0.212 e. The summed E-state index contributed by atoms with van der Waals surface area (Å²) in [6, 6.07) is 20.7. The highest BCUT2D eigenvalue weighted by Crippen LogP contribution is 2.39. The molecule has 3 N–H and O–H groups in total. The third-order valence-corrected chi connectivity index (χ3v) is 5.95. The molecule has 2 aliphatic heterocycles. The maximum Gasteiger partial charge on any atom is 0.212 e. The molecule has 7 nitrogen and oxygen atoms in total. The Bertz CT molecular complexity index is 1370. The van der Waals surface area contributed by atoms with Crippen LogP contribution in [0.1, 0.15) is 23.7 Å². The highest BCUT2D eigenvalue weighted by Gasteiger charge is 2.27. The van der Waals surface area contributed by atoms with E-state index >= 15 is 0 Å². The molecule has 7 heteroatoms. The van der Waals surface area contributed by atoms with E-state index in [9.17, 15) is 0 Å². The first-order valence-electron chi connectivity index (χ1n) is 10.8. The minimum Gasteiger partial charge on any atom is -0.489 e. The number of ether oxygens (including phenoxy) is 2. The van der Waals surface area contributed by atoms with E-state index in [1.54, 1.807) is 0 Å². The van der Waals surface area contributed by atoms with Crippen molar-refractivity contribution in [3.8, 4) is 22.6 Å². The van der Waals surface area contributed by atoms with E-state index in [-0.39, 0.29) is 6.17 Å². The van der Waals surface area contributed by atoms with Crippen molar-refractivity contribution in [2.45, 2.75) is 19.5 Å². The fourth-order valence-corrected chi connectivity index (χ4v) is 4.41. The molecule has 2 aliphatic rings. The van der Waals surface area contributed by atoms with Gasteiger partial charge in [-0.3, -0.25) is 9.88 Å². The number of hydrogen-bond donors (Lipinski definition) is 2. The molecule has 1 aromatic heterocycles. The van der Waals surface area contributed by atoms with Crippen LogP contribution in [0.3, 0.4) is 0 Å². The maximum absolute atomic E-state index is 6.15. The molecular weight excluding hydrogens is 402 g/mol. The number of nitrogens with zero attached hydrogens (tertiary/aromatic N) is 3. The number of nitrogens with one attached hydrogen (secondary N) is 1. The number of aromatic nitrogens is 2. The summed E-state index contributed by atoms with van der Waals surface area (Å²) in [5.41, 5.74) is 12.5. The summed E-state index contributed by atoms with van der Waals surface area (Å²) in [7, 11) is 0. The number of fused-ring (bicyclic) bond motifs is 4. The highest BCUT2D eigenvalue weighted by atomic mass is 16.5. The van der Waals surface area contributed by atoms with Crippen molar-refractivity contribution in [3.63, 3.8) is 0 Å². The number of aryl methyl sites for hydroxylation is 1. The van der Waals surface area contributed by atoms with Crippen LogP contribution in [0.5, 0.6) is 11.5 Å². The van der Waals surface area contributed by atoms with Gasteiger partial charge in [-0.1, -0.05) is 42.5 Å². The molecule has 6 rings (SSSR count). The molecule has 0 radical (unpaired) electrons. The Morgan fingerprint density at radius 1 is 1.00 bits per heavy atom. The van der Waals surface area contributed by atoms with Crippen LogP contribution in [0.25, 0.3) is 22.2 Å². The summed E-state index contributed by atoms with van der Waals surface area (Å²) in [5.74, 6) is 2.44. The lowest BCUT2D eigenvalue weighted by atomic mass is 9.98. The molecule has 0 amide bonds. The Kier molecular flexibility index (Phi) is 4.28. The van der Waals surface area contributed by atoms with Gasteiger partial charge in [-0.15, -0.1) is 0 Å². The van der Waals surface area contributed by atoms with E-state index in [0.717, 1.165) is 40.1 Å². The molecule has 32 heavy (non-hydrogen) atoms. The van der Waals surface area contributed by atoms with Crippen LogP contribution in [0, 0.1) is 6.92 Å². The summed E-state index contributed by atoms with van der Waals surface area (Å²) in [4.78, 5) is 9.51. The average Bonchev–Trinajstić information content (AvgIpc) is 2.98. The quantitative estimate of drug-likeness (QED) is 0.495. The zero-order valence-corrected chi connectivity index (χ0v) is 17.7. The Morgan fingerprint density at radius 2 is 1.81 bits per heavy atom. The van der Waals surface area contributed by atoms with Gasteiger partial charge in [0.1, 0.15) is 0 Å². The minimum atomic E-state index is -0.343. The topological polar surface area (TPSA) is 86.7 Å². The van der Waals surface area contributed by atoms with Crippen LogP contribution in [0.4, 0.5) is 5.95 Å². The molecule has 0 spiro atoms. The SMILES string of the molecule is Cc1ccccc1-c1cccc(C2N=C(N)Nc3nc4cc5c(cc4n32)OCCCO5)c1. The van der Waals surface area contributed by atoms with Crippen molar-refractivity contribution in [1.82, 2.24) is 9.55 Å². The van der Waals surface area contributed by atoms with Crippen molar-refractivity contribution in [3.05, 3.63) is 71.8 Å². The molecule has 3 aromatic carbocycles. The lowest BCUT2D eigenvalue weighted by Gasteiger charge is -2.24. The van der Waals surface area contributed by atoms with Crippen LogP contribution >= 0.6 is 0 Å². The van der Waals surface area contributed by atoms with Crippen molar-refractivity contribution in [2.24, 2.45) is 10.7 Å². The summed E-state index contributed by atoms with van der Waals surface area (Å²) < 4.78 is 13.8. The van der Waals surface area contributed by atoms with Crippen LogP contribution in [0.2, 0.25) is 0 Å². The Hall–Kier alpha value is -4.00. The average molecular weight is 425 g/mol. The normalized spacial score (nSPS) is 17.3. The Balaban J connectivity index is 1.51. The number of benzene rings is 3. The molecule has 0 bridgehead atoms. The van der Waals surface area contributed by atoms with Gasteiger partial charge in [0.2, 0.25) is 5.95 Å². The predicted molar refractivity (Wildman–Crippen MR) is 125 cm³/mol. The minimum absolute atomic E-state index is 0.341. The molecule has 160 valence electrons. The predicted octanol–water partition coefficient (Wildman–Crippen LogP) is 4.46. The molecular formula is C25H23N5O2. The van der Waals surface area contributed by atoms with Gasteiger partial charge in [0, 0.05) is 18.6 Å². The van der Waals surface area contributed by atoms with E-state index in [1.165, 1.54) is 11.1 Å². The van der Waals surface area contributed by atoms with Crippen LogP contribution in [0.15, 0.2) is 65.7 Å². The molecule has 4 aromatic rings.